The summed E-state index contributed by atoms with van der Waals surface area (Å²) in [5, 5.41) is 1.90. The summed E-state index contributed by atoms with van der Waals surface area (Å²) in [6.45, 7) is 0. The zero-order valence-corrected chi connectivity index (χ0v) is 7.78. The van der Waals surface area contributed by atoms with Crippen LogP contribution in [0.1, 0.15) is 0 Å². The molecule has 0 spiro atoms. The van der Waals surface area contributed by atoms with Gasteiger partial charge in [-0.3, -0.25) is 9.10 Å². The lowest BCUT2D eigenvalue weighted by molar-refractivity contribution is 0.570. The highest BCUT2D eigenvalue weighted by Gasteiger charge is 2.09. The summed E-state index contributed by atoms with van der Waals surface area (Å²) < 4.78 is 1.97. The van der Waals surface area contributed by atoms with Gasteiger partial charge in [-0.25, -0.2) is 0 Å². The highest BCUT2D eigenvalue weighted by atomic mass is 32.2. The Kier molecular flexibility index (Phi) is 2.27. The van der Waals surface area contributed by atoms with E-state index in [0.717, 1.165) is 11.3 Å². The fourth-order valence-corrected chi connectivity index (χ4v) is 2.29. The maximum atomic E-state index is 10.7. The molecule has 1 aliphatic rings. The SMILES string of the molecule is O=CS1=CC=CN1c1ccccc1. The van der Waals surface area contributed by atoms with Gasteiger partial charge >= 0.3 is 0 Å². The van der Waals surface area contributed by atoms with Crippen molar-refractivity contribution < 1.29 is 4.79 Å². The average molecular weight is 191 g/mol. The summed E-state index contributed by atoms with van der Waals surface area (Å²) in [4.78, 5) is 10.7. The molecule has 1 atom stereocenters. The maximum absolute atomic E-state index is 10.7. The molecule has 0 radical (unpaired) electrons. The van der Waals surface area contributed by atoms with Gasteiger partial charge in [0.15, 0.2) is 5.62 Å². The van der Waals surface area contributed by atoms with Crippen LogP contribution in [0.5, 0.6) is 0 Å². The minimum Gasteiger partial charge on any atom is -0.292 e. The van der Waals surface area contributed by atoms with Crippen LogP contribution in [0.4, 0.5) is 5.69 Å². The fraction of sp³-hybridized carbons (Fsp3) is 0. The summed E-state index contributed by atoms with van der Waals surface area (Å²) in [7, 11) is -0.406. The Labute approximate surface area is 79.5 Å². The molecular formula is C10H9NOS. The molecule has 1 aromatic carbocycles. The Morgan fingerprint density at radius 1 is 1.23 bits per heavy atom. The fourth-order valence-electron chi connectivity index (χ4n) is 1.19. The van der Waals surface area contributed by atoms with Crippen molar-refractivity contribution in [2.24, 2.45) is 0 Å². The summed E-state index contributed by atoms with van der Waals surface area (Å²) in [6.07, 6.45) is 3.83. The van der Waals surface area contributed by atoms with E-state index in [4.69, 9.17) is 0 Å². The third-order valence-corrected chi connectivity index (χ3v) is 3.20. The van der Waals surface area contributed by atoms with Gasteiger partial charge in [0.25, 0.3) is 0 Å². The molecule has 1 heterocycles. The van der Waals surface area contributed by atoms with Gasteiger partial charge in [-0.1, -0.05) is 18.2 Å². The minimum atomic E-state index is -0.406. The quantitative estimate of drug-likeness (QED) is 0.527. The van der Waals surface area contributed by atoms with E-state index in [1.54, 1.807) is 0 Å². The van der Waals surface area contributed by atoms with E-state index in [1.807, 2.05) is 52.3 Å². The van der Waals surface area contributed by atoms with Crippen molar-refractivity contribution in [1.82, 2.24) is 0 Å². The zero-order valence-electron chi connectivity index (χ0n) is 6.96. The molecule has 0 fully saturated rings. The molecule has 13 heavy (non-hydrogen) atoms. The van der Waals surface area contributed by atoms with Crippen molar-refractivity contribution in [2.45, 2.75) is 0 Å². The van der Waals surface area contributed by atoms with Crippen molar-refractivity contribution in [3.05, 3.63) is 42.6 Å². The summed E-state index contributed by atoms with van der Waals surface area (Å²) in [6, 6.07) is 9.88. The van der Waals surface area contributed by atoms with E-state index >= 15 is 0 Å². The molecule has 0 N–H and O–H groups in total. The second kappa shape index (κ2) is 3.58. The first kappa shape index (κ1) is 8.26. The van der Waals surface area contributed by atoms with Crippen LogP contribution < -0.4 is 4.31 Å². The maximum Gasteiger partial charge on any atom is 0.189 e. The largest absolute Gasteiger partial charge is 0.292 e. The van der Waals surface area contributed by atoms with Crippen molar-refractivity contribution in [3.63, 3.8) is 0 Å². The molecule has 2 rings (SSSR count). The lowest BCUT2D eigenvalue weighted by Gasteiger charge is -2.16. The van der Waals surface area contributed by atoms with Gasteiger partial charge in [0.1, 0.15) is 0 Å². The van der Waals surface area contributed by atoms with Gasteiger partial charge in [0.2, 0.25) is 0 Å². The molecule has 0 aromatic heterocycles. The van der Waals surface area contributed by atoms with Gasteiger partial charge < -0.3 is 0 Å². The molecule has 0 saturated heterocycles. The molecule has 1 unspecified atom stereocenters. The molecule has 1 aliphatic heterocycles. The Morgan fingerprint density at radius 2 is 2.00 bits per heavy atom. The van der Waals surface area contributed by atoms with E-state index < -0.39 is 10.7 Å². The predicted octanol–water partition coefficient (Wildman–Crippen LogP) is 2.20. The average Bonchev–Trinajstić information content (AvgIpc) is 2.67. The van der Waals surface area contributed by atoms with Crippen molar-refractivity contribution >= 4 is 27.3 Å². The highest BCUT2D eigenvalue weighted by molar-refractivity contribution is 8.27. The first-order chi connectivity index (χ1) is 6.42. The molecule has 3 heteroatoms. The van der Waals surface area contributed by atoms with Gasteiger partial charge in [-0.15, -0.1) is 0 Å². The summed E-state index contributed by atoms with van der Waals surface area (Å²) in [5.41, 5.74) is 2.02. The molecule has 66 valence electrons. The third kappa shape index (κ3) is 1.55. The second-order valence-corrected chi connectivity index (χ2v) is 4.13. The monoisotopic (exact) mass is 191 g/mol. The standard InChI is InChI=1S/C10H9NOS/c12-9-13-8-4-7-11(13)10-5-2-1-3-6-10/h1-9H. The Balaban J connectivity index is 2.33. The number of rotatable bonds is 2. The molecule has 0 aliphatic carbocycles. The molecule has 1 aromatic rings. The Bertz CT molecular complexity index is 370. The minimum absolute atomic E-state index is 0.406. The topological polar surface area (TPSA) is 20.3 Å². The Hall–Kier alpha value is -1.35. The normalized spacial score (nSPS) is 20.0. The van der Waals surface area contributed by atoms with Crippen LogP contribution in [0.3, 0.4) is 0 Å². The first-order valence-electron chi connectivity index (χ1n) is 3.95. The van der Waals surface area contributed by atoms with Crippen molar-refractivity contribution in [1.29, 1.82) is 0 Å². The van der Waals surface area contributed by atoms with Crippen molar-refractivity contribution in [3.8, 4) is 0 Å². The van der Waals surface area contributed by atoms with Crippen LogP contribution in [-0.2, 0) is 4.79 Å². The van der Waals surface area contributed by atoms with Crippen LogP contribution in [0, 0.1) is 0 Å². The van der Waals surface area contributed by atoms with E-state index in [-0.39, 0.29) is 0 Å². The van der Waals surface area contributed by atoms with Gasteiger partial charge in [-0.2, -0.15) is 0 Å². The highest BCUT2D eigenvalue weighted by Crippen LogP contribution is 2.28. The molecule has 0 bridgehead atoms. The summed E-state index contributed by atoms with van der Waals surface area (Å²) >= 11 is 0. The molecular weight excluding hydrogens is 182 g/mol. The molecule has 2 nitrogen and oxygen atoms in total. The third-order valence-electron chi connectivity index (χ3n) is 1.78. The molecule has 0 amide bonds. The van der Waals surface area contributed by atoms with Crippen LogP contribution >= 0.6 is 10.7 Å². The number of carbonyl (C=O) groups excluding carboxylic acids is 1. The number of allylic oxidation sites excluding steroid dienone is 1. The van der Waals surface area contributed by atoms with Crippen molar-refractivity contribution in [2.75, 3.05) is 4.31 Å². The van der Waals surface area contributed by atoms with E-state index in [0.29, 0.717) is 0 Å². The van der Waals surface area contributed by atoms with E-state index in [9.17, 15) is 4.79 Å². The van der Waals surface area contributed by atoms with Gasteiger partial charge in [0.05, 0.1) is 5.69 Å². The number of hydrogen-bond acceptors (Lipinski definition) is 2. The summed E-state index contributed by atoms with van der Waals surface area (Å²) in [5.74, 6) is 0. The number of anilines is 1. The van der Waals surface area contributed by atoms with Crippen LogP contribution in [-0.4, -0.2) is 11.0 Å². The van der Waals surface area contributed by atoms with E-state index in [1.165, 1.54) is 0 Å². The second-order valence-electron chi connectivity index (χ2n) is 2.58. The number of nitrogens with zero attached hydrogens (tertiary/aromatic N) is 1. The lowest BCUT2D eigenvalue weighted by atomic mass is 10.3. The number of hydrogen-bond donors (Lipinski definition) is 0. The smallest absolute Gasteiger partial charge is 0.189 e. The van der Waals surface area contributed by atoms with Gasteiger partial charge in [-0.05, 0) is 34.2 Å². The van der Waals surface area contributed by atoms with Gasteiger partial charge in [0, 0.05) is 6.20 Å². The van der Waals surface area contributed by atoms with Crippen LogP contribution in [0.2, 0.25) is 0 Å². The predicted molar refractivity (Wildman–Crippen MR) is 58.5 cm³/mol. The zero-order chi connectivity index (χ0) is 9.10. The first-order valence-corrected chi connectivity index (χ1v) is 5.26. The lowest BCUT2D eigenvalue weighted by Crippen LogP contribution is -2.04. The van der Waals surface area contributed by atoms with E-state index in [2.05, 4.69) is 0 Å². The molecule has 0 saturated carbocycles. The van der Waals surface area contributed by atoms with Crippen LogP contribution in [0.15, 0.2) is 42.6 Å². The number of carbonyl (C=O) groups is 1. The van der Waals surface area contributed by atoms with Crippen LogP contribution in [0.25, 0.3) is 0 Å². The number of para-hydroxylation sites is 1. The number of benzene rings is 1. The Morgan fingerprint density at radius 3 is 2.69 bits per heavy atom.